The van der Waals surface area contributed by atoms with Gasteiger partial charge < -0.3 is 9.64 Å². The number of piperazine rings is 1. The molecule has 0 aliphatic carbocycles. The number of amides is 1. The average molecular weight is 545 g/mol. The van der Waals surface area contributed by atoms with E-state index in [2.05, 4.69) is 17.9 Å². The van der Waals surface area contributed by atoms with Gasteiger partial charge in [0.15, 0.2) is 6.61 Å². The highest BCUT2D eigenvalue weighted by atomic mass is 35.5. The normalized spacial score (nSPS) is 16.8. The second kappa shape index (κ2) is 11.2. The van der Waals surface area contributed by atoms with Gasteiger partial charge in [-0.05, 0) is 75.7 Å². The van der Waals surface area contributed by atoms with Crippen molar-refractivity contribution in [1.29, 1.82) is 0 Å². The molecule has 1 aliphatic rings. The summed E-state index contributed by atoms with van der Waals surface area (Å²) in [6.07, 6.45) is 0. The van der Waals surface area contributed by atoms with Crippen molar-refractivity contribution in [2.24, 2.45) is 0 Å². The molecule has 1 saturated heterocycles. The van der Waals surface area contributed by atoms with Crippen LogP contribution in [0, 0.1) is 13.8 Å². The maximum Gasteiger partial charge on any atom is 0.266 e. The van der Waals surface area contributed by atoms with E-state index in [-0.39, 0.29) is 30.2 Å². The Morgan fingerprint density at radius 2 is 1.82 bits per heavy atom. The number of hydrogen-bond acceptors (Lipinski definition) is 5. The molecule has 1 aromatic heterocycles. The van der Waals surface area contributed by atoms with Gasteiger partial charge in [0.1, 0.15) is 11.6 Å². The van der Waals surface area contributed by atoms with Crippen LogP contribution >= 0.6 is 11.6 Å². The van der Waals surface area contributed by atoms with Crippen LogP contribution in [0.3, 0.4) is 0 Å². The lowest BCUT2D eigenvalue weighted by Gasteiger charge is -2.42. The van der Waals surface area contributed by atoms with Crippen LogP contribution in [0.15, 0.2) is 71.5 Å². The maximum absolute atomic E-state index is 13.8. The zero-order chi connectivity index (χ0) is 27.7. The van der Waals surface area contributed by atoms with E-state index < -0.39 is 0 Å². The van der Waals surface area contributed by atoms with Crippen molar-refractivity contribution >= 4 is 28.4 Å². The summed E-state index contributed by atoms with van der Waals surface area (Å²) in [5.41, 5.74) is 3.61. The molecule has 7 nitrogen and oxygen atoms in total. The molecule has 0 radical (unpaired) electrons. The van der Waals surface area contributed by atoms with Gasteiger partial charge in [-0.25, -0.2) is 4.98 Å². The molecule has 0 N–H and O–H groups in total. The zero-order valence-electron chi connectivity index (χ0n) is 22.7. The summed E-state index contributed by atoms with van der Waals surface area (Å²) < 4.78 is 7.46. The number of hydrogen-bond donors (Lipinski definition) is 0. The lowest BCUT2D eigenvalue weighted by atomic mass is 10.1. The molecular formula is C31H33ClN4O3. The number of carbonyl (C=O) groups excluding carboxylic acids is 1. The minimum absolute atomic E-state index is 0.0238. The third-order valence-electron chi connectivity index (χ3n) is 7.47. The third kappa shape index (κ3) is 5.56. The molecule has 8 heteroatoms. The molecule has 2 unspecified atom stereocenters. The summed E-state index contributed by atoms with van der Waals surface area (Å²) in [5, 5.41) is 1.22. The van der Waals surface area contributed by atoms with Gasteiger partial charge >= 0.3 is 0 Å². The van der Waals surface area contributed by atoms with E-state index in [4.69, 9.17) is 21.3 Å². The molecule has 3 aromatic carbocycles. The van der Waals surface area contributed by atoms with Gasteiger partial charge in [-0.1, -0.05) is 41.4 Å². The van der Waals surface area contributed by atoms with E-state index in [0.29, 0.717) is 47.1 Å². The predicted molar refractivity (Wildman–Crippen MR) is 155 cm³/mol. The number of para-hydroxylation sites is 1. The first kappa shape index (κ1) is 26.9. The van der Waals surface area contributed by atoms with Gasteiger partial charge in [0.2, 0.25) is 0 Å². The first-order valence-electron chi connectivity index (χ1n) is 13.2. The fourth-order valence-electron chi connectivity index (χ4n) is 5.35. The predicted octanol–water partition coefficient (Wildman–Crippen LogP) is 5.33. The average Bonchev–Trinajstić information content (AvgIpc) is 2.92. The van der Waals surface area contributed by atoms with E-state index in [9.17, 15) is 9.59 Å². The fourth-order valence-corrected chi connectivity index (χ4v) is 5.48. The monoisotopic (exact) mass is 544 g/mol. The van der Waals surface area contributed by atoms with Crippen LogP contribution in [0.5, 0.6) is 5.75 Å². The number of rotatable bonds is 6. The first-order valence-corrected chi connectivity index (χ1v) is 13.6. The Morgan fingerprint density at radius 1 is 1.08 bits per heavy atom. The largest absolute Gasteiger partial charge is 0.484 e. The minimum atomic E-state index is -0.145. The fraction of sp³-hybridized carbons (Fsp3) is 0.323. The molecule has 4 aromatic rings. The van der Waals surface area contributed by atoms with Gasteiger partial charge in [0, 0.05) is 30.7 Å². The highest BCUT2D eigenvalue weighted by Gasteiger charge is 2.32. The van der Waals surface area contributed by atoms with Crippen molar-refractivity contribution in [3.8, 4) is 11.4 Å². The second-order valence-corrected chi connectivity index (χ2v) is 10.7. The number of halogens is 1. The van der Waals surface area contributed by atoms with E-state index >= 15 is 0 Å². The molecule has 39 heavy (non-hydrogen) atoms. The van der Waals surface area contributed by atoms with Crippen LogP contribution in [-0.2, 0) is 4.79 Å². The van der Waals surface area contributed by atoms with Gasteiger partial charge in [-0.2, -0.15) is 0 Å². The van der Waals surface area contributed by atoms with Crippen molar-refractivity contribution < 1.29 is 9.53 Å². The summed E-state index contributed by atoms with van der Waals surface area (Å²) in [7, 11) is 0. The van der Waals surface area contributed by atoms with E-state index in [1.165, 1.54) is 0 Å². The maximum atomic E-state index is 13.8. The second-order valence-electron chi connectivity index (χ2n) is 10.3. The van der Waals surface area contributed by atoms with Crippen LogP contribution in [0.2, 0.25) is 5.02 Å². The first-order chi connectivity index (χ1) is 18.7. The molecule has 0 bridgehead atoms. The Kier molecular flexibility index (Phi) is 7.73. The molecule has 2 atom stereocenters. The number of fused-ring (bicyclic) bond motifs is 1. The highest BCUT2D eigenvalue weighted by Crippen LogP contribution is 2.27. The van der Waals surface area contributed by atoms with Crippen LogP contribution in [-0.4, -0.2) is 57.5 Å². The third-order valence-corrected chi connectivity index (χ3v) is 7.72. The van der Waals surface area contributed by atoms with Crippen molar-refractivity contribution in [3.05, 3.63) is 99.1 Å². The Bertz CT molecular complexity index is 1570. The molecule has 0 saturated carbocycles. The number of benzene rings is 3. The smallest absolute Gasteiger partial charge is 0.266 e. The molecule has 1 fully saturated rings. The zero-order valence-corrected chi connectivity index (χ0v) is 23.5. The molecular weight excluding hydrogens is 512 g/mol. The number of aryl methyl sites for hydroxylation is 2. The van der Waals surface area contributed by atoms with Gasteiger partial charge in [-0.15, -0.1) is 0 Å². The summed E-state index contributed by atoms with van der Waals surface area (Å²) >= 11 is 5.94. The van der Waals surface area contributed by atoms with E-state index in [1.54, 1.807) is 28.8 Å². The summed E-state index contributed by atoms with van der Waals surface area (Å²) in [6.45, 7) is 10.1. The summed E-state index contributed by atoms with van der Waals surface area (Å²) in [6, 6.07) is 20.4. The minimum Gasteiger partial charge on any atom is -0.484 e. The number of nitrogens with zero attached hydrogens (tertiary/aromatic N) is 4. The quantitative estimate of drug-likeness (QED) is 0.328. The van der Waals surface area contributed by atoms with Gasteiger partial charge in [-0.3, -0.25) is 19.1 Å². The van der Waals surface area contributed by atoms with E-state index in [1.807, 2.05) is 62.1 Å². The molecule has 1 aliphatic heterocycles. The highest BCUT2D eigenvalue weighted by molar-refractivity contribution is 6.30. The van der Waals surface area contributed by atoms with E-state index in [0.717, 1.165) is 16.8 Å². The molecule has 0 spiro atoms. The van der Waals surface area contributed by atoms with Crippen molar-refractivity contribution in [1.82, 2.24) is 19.4 Å². The number of carbonyl (C=O) groups is 1. The van der Waals surface area contributed by atoms with Crippen LogP contribution in [0.4, 0.5) is 0 Å². The topological polar surface area (TPSA) is 67.7 Å². The van der Waals surface area contributed by atoms with Crippen LogP contribution in [0.25, 0.3) is 16.6 Å². The van der Waals surface area contributed by atoms with Crippen molar-refractivity contribution in [3.63, 3.8) is 0 Å². The Labute approximate surface area is 233 Å². The summed E-state index contributed by atoms with van der Waals surface area (Å²) in [4.78, 5) is 36.0. The van der Waals surface area contributed by atoms with Gasteiger partial charge in [0.25, 0.3) is 11.5 Å². The molecule has 202 valence electrons. The molecule has 2 heterocycles. The summed E-state index contributed by atoms with van der Waals surface area (Å²) in [5.74, 6) is 1.25. The Balaban J connectivity index is 1.39. The number of ether oxygens (including phenoxy) is 1. The van der Waals surface area contributed by atoms with Crippen LogP contribution < -0.4 is 10.3 Å². The number of aromatic nitrogens is 2. The molecule has 1 amide bonds. The van der Waals surface area contributed by atoms with Gasteiger partial charge in [0.05, 0.1) is 22.6 Å². The van der Waals surface area contributed by atoms with Crippen molar-refractivity contribution in [2.75, 3.05) is 26.2 Å². The molecule has 5 rings (SSSR count). The van der Waals surface area contributed by atoms with Crippen LogP contribution in [0.1, 0.15) is 36.8 Å². The Hall–Kier alpha value is -3.68. The van der Waals surface area contributed by atoms with Crippen molar-refractivity contribution in [2.45, 2.75) is 39.8 Å². The standard InChI is InChI=1S/C31H33ClN4O3/c1-20-9-14-28(21(2)17-20)36-30(33-27-8-6-5-7-26(27)31(36)38)23(4)34-15-16-35(22(3)18-34)29(37)19-39-25-12-10-24(32)11-13-25/h5-14,17,22-23H,15-16,18-19H2,1-4H3. The SMILES string of the molecule is Cc1ccc(-n2c(C(C)N3CCN(C(=O)COc4ccc(Cl)cc4)C(C)C3)nc3ccccc3c2=O)c(C)c1. The Morgan fingerprint density at radius 3 is 2.54 bits per heavy atom. The lowest BCUT2D eigenvalue weighted by Crippen LogP contribution is -2.55. The lowest BCUT2D eigenvalue weighted by molar-refractivity contribution is -0.138.